The Morgan fingerprint density at radius 2 is 2.08 bits per heavy atom. The molecule has 0 spiro atoms. The van der Waals surface area contributed by atoms with Crippen molar-refractivity contribution in [2.75, 3.05) is 24.5 Å². The molecule has 1 fully saturated rings. The SMILES string of the molecule is Cc1cccc(N2CCC(NC(=O)NC[C@@H]3CC=CCC3)CC2)n1. The maximum absolute atomic E-state index is 12.1. The number of urea groups is 1. The first-order valence-electron chi connectivity index (χ1n) is 9.08. The van der Waals surface area contributed by atoms with Gasteiger partial charge in [0, 0.05) is 31.4 Å². The Labute approximate surface area is 144 Å². The lowest BCUT2D eigenvalue weighted by molar-refractivity contribution is 0.232. The minimum atomic E-state index is -0.0170. The van der Waals surface area contributed by atoms with Gasteiger partial charge in [-0.15, -0.1) is 0 Å². The summed E-state index contributed by atoms with van der Waals surface area (Å²) >= 11 is 0. The van der Waals surface area contributed by atoms with Gasteiger partial charge in [0.2, 0.25) is 0 Å². The highest BCUT2D eigenvalue weighted by atomic mass is 16.2. The molecule has 5 heteroatoms. The molecule has 2 amide bonds. The molecule has 1 aromatic rings. The molecule has 1 aliphatic heterocycles. The zero-order valence-corrected chi connectivity index (χ0v) is 14.5. The third-order valence-corrected chi connectivity index (χ3v) is 4.96. The smallest absolute Gasteiger partial charge is 0.315 e. The Morgan fingerprint density at radius 1 is 1.25 bits per heavy atom. The number of nitrogens with one attached hydrogen (secondary N) is 2. The maximum atomic E-state index is 12.1. The molecule has 1 saturated heterocycles. The number of rotatable bonds is 4. The first-order chi connectivity index (χ1) is 11.7. The van der Waals surface area contributed by atoms with Crippen LogP contribution in [0.4, 0.5) is 10.6 Å². The van der Waals surface area contributed by atoms with Crippen molar-refractivity contribution in [3.05, 3.63) is 36.0 Å². The summed E-state index contributed by atoms with van der Waals surface area (Å²) in [5.41, 5.74) is 1.05. The molecule has 24 heavy (non-hydrogen) atoms. The summed E-state index contributed by atoms with van der Waals surface area (Å²) in [4.78, 5) is 19.0. The molecule has 1 atom stereocenters. The molecular weight excluding hydrogens is 300 g/mol. The number of amides is 2. The van der Waals surface area contributed by atoms with Gasteiger partial charge in [0.25, 0.3) is 0 Å². The Morgan fingerprint density at radius 3 is 2.79 bits per heavy atom. The Bertz CT molecular complexity index is 578. The number of piperidine rings is 1. The van der Waals surface area contributed by atoms with Gasteiger partial charge in [0.15, 0.2) is 0 Å². The fourth-order valence-electron chi connectivity index (χ4n) is 3.47. The van der Waals surface area contributed by atoms with Gasteiger partial charge >= 0.3 is 6.03 Å². The fourth-order valence-corrected chi connectivity index (χ4v) is 3.47. The summed E-state index contributed by atoms with van der Waals surface area (Å²) in [5, 5.41) is 6.17. The second-order valence-corrected chi connectivity index (χ2v) is 6.90. The van der Waals surface area contributed by atoms with Crippen LogP contribution in [-0.2, 0) is 0 Å². The molecule has 5 nitrogen and oxygen atoms in total. The van der Waals surface area contributed by atoms with Gasteiger partial charge in [-0.25, -0.2) is 9.78 Å². The molecule has 130 valence electrons. The average molecular weight is 328 g/mol. The maximum Gasteiger partial charge on any atom is 0.315 e. The number of aromatic nitrogens is 1. The minimum absolute atomic E-state index is 0.0170. The van der Waals surface area contributed by atoms with Crippen LogP contribution in [0.5, 0.6) is 0 Å². The molecule has 1 aromatic heterocycles. The van der Waals surface area contributed by atoms with E-state index in [0.717, 1.165) is 56.8 Å². The van der Waals surface area contributed by atoms with Crippen LogP contribution in [0.2, 0.25) is 0 Å². The number of carbonyl (C=O) groups is 1. The van der Waals surface area contributed by atoms with Crippen molar-refractivity contribution < 1.29 is 4.79 Å². The van der Waals surface area contributed by atoms with Crippen molar-refractivity contribution in [1.29, 1.82) is 0 Å². The van der Waals surface area contributed by atoms with Crippen LogP contribution in [0.3, 0.4) is 0 Å². The van der Waals surface area contributed by atoms with Gasteiger partial charge < -0.3 is 15.5 Å². The Kier molecular flexibility index (Phi) is 5.72. The fraction of sp³-hybridized carbons (Fsp3) is 0.579. The molecule has 0 bridgehead atoms. The van der Waals surface area contributed by atoms with E-state index in [4.69, 9.17) is 0 Å². The van der Waals surface area contributed by atoms with E-state index >= 15 is 0 Å². The summed E-state index contributed by atoms with van der Waals surface area (Å²) in [5.74, 6) is 1.64. The normalized spacial score (nSPS) is 21.5. The molecular formula is C19H28N4O. The Hall–Kier alpha value is -2.04. The van der Waals surface area contributed by atoms with Crippen molar-refractivity contribution in [3.63, 3.8) is 0 Å². The highest BCUT2D eigenvalue weighted by Gasteiger charge is 2.21. The zero-order valence-electron chi connectivity index (χ0n) is 14.5. The average Bonchev–Trinajstić information content (AvgIpc) is 2.61. The second kappa shape index (κ2) is 8.18. The van der Waals surface area contributed by atoms with Crippen molar-refractivity contribution >= 4 is 11.8 Å². The number of nitrogens with zero attached hydrogens (tertiary/aromatic N) is 2. The third-order valence-electron chi connectivity index (χ3n) is 4.96. The molecule has 2 heterocycles. The van der Waals surface area contributed by atoms with Crippen LogP contribution >= 0.6 is 0 Å². The number of hydrogen-bond acceptors (Lipinski definition) is 3. The highest BCUT2D eigenvalue weighted by Crippen LogP contribution is 2.19. The van der Waals surface area contributed by atoms with Crippen LogP contribution in [0, 0.1) is 12.8 Å². The number of aryl methyl sites for hydroxylation is 1. The van der Waals surface area contributed by atoms with Crippen molar-refractivity contribution in [3.8, 4) is 0 Å². The van der Waals surface area contributed by atoms with E-state index in [2.05, 4.69) is 44.8 Å². The molecule has 1 aliphatic carbocycles. The number of anilines is 1. The van der Waals surface area contributed by atoms with E-state index in [-0.39, 0.29) is 12.1 Å². The predicted octanol–water partition coefficient (Wildman–Crippen LogP) is 3.01. The molecule has 0 aromatic carbocycles. The highest BCUT2D eigenvalue weighted by molar-refractivity contribution is 5.74. The van der Waals surface area contributed by atoms with E-state index in [0.29, 0.717) is 5.92 Å². The number of carbonyl (C=O) groups excluding carboxylic acids is 1. The number of hydrogen-bond donors (Lipinski definition) is 2. The van der Waals surface area contributed by atoms with Gasteiger partial charge in [-0.2, -0.15) is 0 Å². The molecule has 2 N–H and O–H groups in total. The Balaban J connectivity index is 1.38. The van der Waals surface area contributed by atoms with E-state index in [1.165, 1.54) is 6.42 Å². The van der Waals surface area contributed by atoms with Gasteiger partial charge in [-0.05, 0) is 57.1 Å². The lowest BCUT2D eigenvalue weighted by atomic mass is 9.94. The van der Waals surface area contributed by atoms with Crippen LogP contribution in [0.15, 0.2) is 30.4 Å². The zero-order chi connectivity index (χ0) is 16.8. The van der Waals surface area contributed by atoms with Crippen LogP contribution in [-0.4, -0.2) is 36.7 Å². The minimum Gasteiger partial charge on any atom is -0.356 e. The van der Waals surface area contributed by atoms with Crippen LogP contribution in [0.25, 0.3) is 0 Å². The summed E-state index contributed by atoms with van der Waals surface area (Å²) in [7, 11) is 0. The lowest BCUT2D eigenvalue weighted by Crippen LogP contribution is -2.48. The predicted molar refractivity (Wildman–Crippen MR) is 97.2 cm³/mol. The summed E-state index contributed by atoms with van der Waals surface area (Å²) in [6, 6.07) is 6.38. The van der Waals surface area contributed by atoms with Gasteiger partial charge in [0.1, 0.15) is 5.82 Å². The van der Waals surface area contributed by atoms with Crippen LogP contribution in [0.1, 0.15) is 37.8 Å². The second-order valence-electron chi connectivity index (χ2n) is 6.90. The van der Waals surface area contributed by atoms with Crippen molar-refractivity contribution in [1.82, 2.24) is 15.6 Å². The van der Waals surface area contributed by atoms with E-state index in [1.54, 1.807) is 0 Å². The summed E-state index contributed by atoms with van der Waals surface area (Å²) in [6.45, 7) is 4.68. The quantitative estimate of drug-likeness (QED) is 0.835. The molecule has 0 saturated carbocycles. The monoisotopic (exact) mass is 328 g/mol. The summed E-state index contributed by atoms with van der Waals surface area (Å²) < 4.78 is 0. The number of allylic oxidation sites excluding steroid dienone is 2. The third kappa shape index (κ3) is 4.73. The largest absolute Gasteiger partial charge is 0.356 e. The van der Waals surface area contributed by atoms with Gasteiger partial charge in [-0.1, -0.05) is 18.2 Å². The van der Waals surface area contributed by atoms with Gasteiger partial charge in [0.05, 0.1) is 0 Å². The van der Waals surface area contributed by atoms with E-state index in [1.807, 2.05) is 13.0 Å². The molecule has 3 rings (SSSR count). The first kappa shape index (κ1) is 16.8. The topological polar surface area (TPSA) is 57.3 Å². The van der Waals surface area contributed by atoms with E-state index < -0.39 is 0 Å². The van der Waals surface area contributed by atoms with Gasteiger partial charge in [-0.3, -0.25) is 0 Å². The molecule has 0 radical (unpaired) electrons. The molecule has 0 unspecified atom stereocenters. The molecule has 2 aliphatic rings. The van der Waals surface area contributed by atoms with E-state index in [9.17, 15) is 4.79 Å². The van der Waals surface area contributed by atoms with Crippen molar-refractivity contribution in [2.24, 2.45) is 5.92 Å². The first-order valence-corrected chi connectivity index (χ1v) is 9.08. The van der Waals surface area contributed by atoms with Crippen molar-refractivity contribution in [2.45, 2.75) is 45.1 Å². The standard InChI is InChI=1S/C19H28N4O/c1-15-6-5-9-18(21-15)23-12-10-17(11-13-23)22-19(24)20-14-16-7-3-2-4-8-16/h2-3,5-6,9,16-17H,4,7-8,10-14H2,1H3,(H2,20,22,24)/t16-/m1/s1. The van der Waals surface area contributed by atoms with Crippen LogP contribution < -0.4 is 15.5 Å². The summed E-state index contributed by atoms with van der Waals surface area (Å²) in [6.07, 6.45) is 9.79. The lowest BCUT2D eigenvalue weighted by Gasteiger charge is -2.33. The number of pyridine rings is 1.